The van der Waals surface area contributed by atoms with Crippen LogP contribution in [0.3, 0.4) is 0 Å². The molecule has 0 aromatic heterocycles. The van der Waals surface area contributed by atoms with Crippen LogP contribution in [0, 0.1) is 0 Å². The van der Waals surface area contributed by atoms with E-state index in [4.69, 9.17) is 23.2 Å². The number of carbonyl (C=O) groups is 2. The quantitative estimate of drug-likeness (QED) is 0.242. The van der Waals surface area contributed by atoms with Gasteiger partial charge in [0.15, 0.2) is 17.3 Å². The number of hydrogen-bond acceptors (Lipinski definition) is 5. The molecule has 3 aromatic carbocycles. The summed E-state index contributed by atoms with van der Waals surface area (Å²) in [5, 5.41) is 23.3. The topological polar surface area (TPSA) is 99.0 Å². The van der Waals surface area contributed by atoms with E-state index >= 15 is 0 Å². The molecule has 0 aliphatic carbocycles. The van der Waals surface area contributed by atoms with Gasteiger partial charge in [-0.05, 0) is 18.2 Å². The second-order valence-electron chi connectivity index (χ2n) is 5.89. The van der Waals surface area contributed by atoms with Crippen molar-refractivity contribution in [3.63, 3.8) is 0 Å². The number of amides is 1. The number of hydrazone groups is 1. The Hall–Kier alpha value is -3.35. The van der Waals surface area contributed by atoms with E-state index in [0.29, 0.717) is 11.1 Å². The number of benzene rings is 3. The zero-order chi connectivity index (χ0) is 21.0. The Bertz CT molecular complexity index is 1120. The third-order valence-electron chi connectivity index (χ3n) is 4.01. The van der Waals surface area contributed by atoms with Crippen molar-refractivity contribution >= 4 is 41.1 Å². The van der Waals surface area contributed by atoms with Crippen molar-refractivity contribution in [2.45, 2.75) is 0 Å². The molecule has 0 aliphatic heterocycles. The van der Waals surface area contributed by atoms with E-state index in [1.54, 1.807) is 36.4 Å². The lowest BCUT2D eigenvalue weighted by atomic mass is 10.0. The van der Waals surface area contributed by atoms with Crippen molar-refractivity contribution in [1.82, 2.24) is 5.43 Å². The monoisotopic (exact) mass is 428 g/mol. The number of nitrogens with zero attached hydrogens (tertiary/aromatic N) is 1. The van der Waals surface area contributed by atoms with Crippen LogP contribution < -0.4 is 5.43 Å². The fourth-order valence-electron chi connectivity index (χ4n) is 2.55. The van der Waals surface area contributed by atoms with Crippen LogP contribution in [-0.4, -0.2) is 28.1 Å². The maximum atomic E-state index is 12.7. The minimum absolute atomic E-state index is 0.0876. The minimum Gasteiger partial charge on any atom is -0.504 e. The number of para-hydroxylation sites is 1. The number of nitrogens with one attached hydrogen (secondary N) is 1. The molecule has 6 nitrogen and oxygen atoms in total. The number of ketones is 1. The molecule has 0 bridgehead atoms. The predicted octanol–water partition coefficient (Wildman–Crippen LogP) is 4.40. The highest BCUT2D eigenvalue weighted by Crippen LogP contribution is 2.30. The fourth-order valence-corrected chi connectivity index (χ4v) is 3.14. The molecule has 1 amide bonds. The molecule has 0 aliphatic rings. The molecule has 146 valence electrons. The Morgan fingerprint density at radius 3 is 2.38 bits per heavy atom. The van der Waals surface area contributed by atoms with Crippen molar-refractivity contribution in [3.8, 4) is 11.5 Å². The largest absolute Gasteiger partial charge is 0.504 e. The molecule has 3 rings (SSSR count). The van der Waals surface area contributed by atoms with Gasteiger partial charge in [-0.1, -0.05) is 65.7 Å². The van der Waals surface area contributed by atoms with Gasteiger partial charge in [-0.2, -0.15) is 5.10 Å². The Morgan fingerprint density at radius 2 is 1.66 bits per heavy atom. The van der Waals surface area contributed by atoms with Gasteiger partial charge in [-0.3, -0.25) is 9.59 Å². The highest BCUT2D eigenvalue weighted by atomic mass is 35.5. The summed E-state index contributed by atoms with van der Waals surface area (Å²) in [5.41, 5.74) is 2.98. The minimum atomic E-state index is -0.736. The molecule has 0 saturated heterocycles. The first kappa shape index (κ1) is 20.4. The lowest BCUT2D eigenvalue weighted by molar-refractivity contribution is 0.0951. The van der Waals surface area contributed by atoms with Crippen molar-refractivity contribution in [1.29, 1.82) is 0 Å². The van der Waals surface area contributed by atoms with E-state index in [1.807, 2.05) is 0 Å². The SMILES string of the molecule is O=C(N/N=C/c1ccc(Cl)c(C(=O)c2ccccc2)c1Cl)c1cccc(O)c1O. The Labute approximate surface area is 176 Å². The van der Waals surface area contributed by atoms with Gasteiger partial charge in [0.25, 0.3) is 5.91 Å². The summed E-state index contributed by atoms with van der Waals surface area (Å²) in [6.45, 7) is 0. The zero-order valence-corrected chi connectivity index (χ0v) is 16.3. The van der Waals surface area contributed by atoms with Crippen LogP contribution >= 0.6 is 23.2 Å². The number of hydrogen-bond donors (Lipinski definition) is 3. The number of carbonyl (C=O) groups excluding carboxylic acids is 2. The first-order valence-electron chi connectivity index (χ1n) is 8.32. The summed E-state index contributed by atoms with van der Waals surface area (Å²) in [6, 6.07) is 15.6. The van der Waals surface area contributed by atoms with Gasteiger partial charge in [0.2, 0.25) is 0 Å². The van der Waals surface area contributed by atoms with E-state index in [0.717, 1.165) is 0 Å². The third kappa shape index (κ3) is 4.39. The smallest absolute Gasteiger partial charge is 0.275 e. The first-order valence-corrected chi connectivity index (χ1v) is 9.08. The average Bonchev–Trinajstić information content (AvgIpc) is 2.72. The molecule has 0 heterocycles. The summed E-state index contributed by atoms with van der Waals surface area (Å²) in [5.74, 6) is -2.06. The number of rotatable bonds is 5. The fraction of sp³-hybridized carbons (Fsp3) is 0. The number of phenolic OH excluding ortho intramolecular Hbond substituents is 2. The van der Waals surface area contributed by atoms with E-state index in [-0.39, 0.29) is 27.0 Å². The second kappa shape index (κ2) is 8.77. The van der Waals surface area contributed by atoms with E-state index in [9.17, 15) is 19.8 Å². The van der Waals surface area contributed by atoms with Gasteiger partial charge < -0.3 is 10.2 Å². The zero-order valence-electron chi connectivity index (χ0n) is 14.8. The van der Waals surface area contributed by atoms with E-state index in [1.165, 1.54) is 30.5 Å². The molecule has 29 heavy (non-hydrogen) atoms. The first-order chi connectivity index (χ1) is 13.9. The Balaban J connectivity index is 1.84. The second-order valence-corrected chi connectivity index (χ2v) is 6.68. The summed E-state index contributed by atoms with van der Waals surface area (Å²) in [6.07, 6.45) is 1.25. The maximum absolute atomic E-state index is 12.7. The average molecular weight is 429 g/mol. The van der Waals surface area contributed by atoms with Gasteiger partial charge in [0.1, 0.15) is 0 Å². The van der Waals surface area contributed by atoms with Crippen LogP contribution in [0.5, 0.6) is 11.5 Å². The van der Waals surface area contributed by atoms with Crippen molar-refractivity contribution in [2.24, 2.45) is 5.10 Å². The third-order valence-corrected chi connectivity index (χ3v) is 4.74. The summed E-state index contributed by atoms with van der Waals surface area (Å²) in [4.78, 5) is 24.8. The number of aromatic hydroxyl groups is 2. The maximum Gasteiger partial charge on any atom is 0.275 e. The number of phenols is 2. The lowest BCUT2D eigenvalue weighted by Gasteiger charge is -2.09. The van der Waals surface area contributed by atoms with Gasteiger partial charge in [-0.25, -0.2) is 5.43 Å². The van der Waals surface area contributed by atoms with Crippen LogP contribution in [0.2, 0.25) is 10.0 Å². The summed E-state index contributed by atoms with van der Waals surface area (Å²) >= 11 is 12.5. The van der Waals surface area contributed by atoms with Crippen LogP contribution in [-0.2, 0) is 0 Å². The van der Waals surface area contributed by atoms with Gasteiger partial charge in [-0.15, -0.1) is 0 Å². The van der Waals surface area contributed by atoms with Crippen LogP contribution in [0.15, 0.2) is 65.8 Å². The van der Waals surface area contributed by atoms with Crippen molar-refractivity contribution < 1.29 is 19.8 Å². The molecular formula is C21H14Cl2N2O4. The lowest BCUT2D eigenvalue weighted by Crippen LogP contribution is -2.17. The molecular weight excluding hydrogens is 415 g/mol. The normalized spacial score (nSPS) is 10.8. The predicted molar refractivity (Wildman–Crippen MR) is 111 cm³/mol. The van der Waals surface area contributed by atoms with Gasteiger partial charge in [0, 0.05) is 11.1 Å². The van der Waals surface area contributed by atoms with Gasteiger partial charge >= 0.3 is 0 Å². The molecule has 0 fully saturated rings. The Kier molecular flexibility index (Phi) is 6.16. The van der Waals surface area contributed by atoms with E-state index < -0.39 is 17.4 Å². The molecule has 0 radical (unpaired) electrons. The highest BCUT2D eigenvalue weighted by molar-refractivity contribution is 6.42. The highest BCUT2D eigenvalue weighted by Gasteiger charge is 2.19. The molecule has 0 spiro atoms. The van der Waals surface area contributed by atoms with Crippen LogP contribution in [0.4, 0.5) is 0 Å². The van der Waals surface area contributed by atoms with Crippen LogP contribution in [0.25, 0.3) is 0 Å². The molecule has 0 atom stereocenters. The van der Waals surface area contributed by atoms with E-state index in [2.05, 4.69) is 10.5 Å². The van der Waals surface area contributed by atoms with Gasteiger partial charge in [0.05, 0.1) is 27.4 Å². The Morgan fingerprint density at radius 1 is 0.931 bits per heavy atom. The summed E-state index contributed by atoms with van der Waals surface area (Å²) < 4.78 is 0. The van der Waals surface area contributed by atoms with Crippen molar-refractivity contribution in [2.75, 3.05) is 0 Å². The summed E-state index contributed by atoms with van der Waals surface area (Å²) in [7, 11) is 0. The molecule has 0 unspecified atom stereocenters. The molecule has 3 N–H and O–H groups in total. The standard InChI is InChI=1S/C21H14Cl2N2O4/c22-15-10-9-13(18(23)17(15)19(27)12-5-2-1-3-6-12)11-24-25-21(29)14-7-4-8-16(26)20(14)28/h1-11,26,28H,(H,25,29)/b24-11+. The number of halogens is 2. The molecule has 3 aromatic rings. The molecule has 8 heteroatoms. The molecule has 0 saturated carbocycles. The van der Waals surface area contributed by atoms with Crippen LogP contribution in [0.1, 0.15) is 31.8 Å². The van der Waals surface area contributed by atoms with Crippen molar-refractivity contribution in [3.05, 3.63) is 93.0 Å².